The molecule has 0 spiro atoms. The molecule has 2 amide bonds. The lowest BCUT2D eigenvalue weighted by atomic mass is 9.84. The largest absolute Gasteiger partial charge is 0.347 e. The Morgan fingerprint density at radius 2 is 1.82 bits per heavy atom. The zero-order valence-electron chi connectivity index (χ0n) is 13.6. The predicted octanol–water partition coefficient (Wildman–Crippen LogP) is 1.56. The van der Waals surface area contributed by atoms with Crippen LogP contribution < -0.4 is 10.6 Å². The highest BCUT2D eigenvalue weighted by Crippen LogP contribution is 2.24. The summed E-state index contributed by atoms with van der Waals surface area (Å²) in [6.45, 7) is 6.13. The number of halogens is 1. The summed E-state index contributed by atoms with van der Waals surface area (Å²) in [5.74, 6) is 1.12. The number of likely N-dealkylation sites (tertiary alicyclic amines) is 1. The zero-order valence-corrected chi connectivity index (χ0v) is 14.4. The number of amides is 2. The lowest BCUT2D eigenvalue weighted by Gasteiger charge is -2.28. The van der Waals surface area contributed by atoms with Crippen LogP contribution in [-0.2, 0) is 9.59 Å². The highest BCUT2D eigenvalue weighted by Gasteiger charge is 2.22. The maximum Gasteiger partial charge on any atom is 0.241 e. The lowest BCUT2D eigenvalue weighted by Crippen LogP contribution is -2.43. The first-order valence-corrected chi connectivity index (χ1v) is 8.42. The van der Waals surface area contributed by atoms with E-state index in [0.29, 0.717) is 18.3 Å². The summed E-state index contributed by atoms with van der Waals surface area (Å²) in [5.41, 5.74) is 0. The molecule has 0 aromatic rings. The summed E-state index contributed by atoms with van der Waals surface area (Å²) >= 11 is 0. The van der Waals surface area contributed by atoms with Crippen molar-refractivity contribution >= 4 is 24.2 Å². The van der Waals surface area contributed by atoms with Gasteiger partial charge in [0.2, 0.25) is 11.8 Å². The van der Waals surface area contributed by atoms with E-state index in [0.717, 1.165) is 51.9 Å². The second kappa shape index (κ2) is 10.1. The minimum Gasteiger partial charge on any atom is -0.347 e. The predicted molar refractivity (Wildman–Crippen MR) is 90.1 cm³/mol. The van der Waals surface area contributed by atoms with Crippen molar-refractivity contribution in [3.8, 4) is 0 Å². The minimum absolute atomic E-state index is 0. The van der Waals surface area contributed by atoms with E-state index in [2.05, 4.69) is 17.6 Å². The van der Waals surface area contributed by atoms with Crippen LogP contribution in [0.2, 0.25) is 0 Å². The Bertz CT molecular complexity index is 353. The van der Waals surface area contributed by atoms with Gasteiger partial charge in [-0.25, -0.2) is 0 Å². The maximum atomic E-state index is 12.0. The van der Waals surface area contributed by atoms with Crippen LogP contribution in [-0.4, -0.2) is 49.4 Å². The van der Waals surface area contributed by atoms with Crippen molar-refractivity contribution in [2.45, 2.75) is 45.4 Å². The summed E-state index contributed by atoms with van der Waals surface area (Å²) in [6.07, 6.45) is 6.24. The number of piperidine rings is 2. The second-order valence-electron chi connectivity index (χ2n) is 6.49. The number of rotatable bonds is 5. The molecule has 2 aliphatic heterocycles. The van der Waals surface area contributed by atoms with E-state index in [1.165, 1.54) is 6.42 Å². The van der Waals surface area contributed by atoms with Gasteiger partial charge >= 0.3 is 0 Å². The molecule has 2 N–H and O–H groups in total. The van der Waals surface area contributed by atoms with E-state index in [1.807, 2.05) is 4.90 Å². The fraction of sp³-hybridized carbons (Fsp3) is 0.875. The monoisotopic (exact) mass is 331 g/mol. The van der Waals surface area contributed by atoms with Gasteiger partial charge in [0.15, 0.2) is 0 Å². The van der Waals surface area contributed by atoms with Gasteiger partial charge in [0.1, 0.15) is 0 Å². The Labute approximate surface area is 140 Å². The first-order chi connectivity index (χ1) is 10.2. The first-order valence-electron chi connectivity index (χ1n) is 8.42. The maximum absolute atomic E-state index is 12.0. The molecule has 1 unspecified atom stereocenters. The highest BCUT2D eigenvalue weighted by atomic mass is 35.5. The second-order valence-corrected chi connectivity index (χ2v) is 6.49. The van der Waals surface area contributed by atoms with Gasteiger partial charge in [0.05, 0.1) is 6.54 Å². The van der Waals surface area contributed by atoms with Crippen LogP contribution in [0.1, 0.15) is 45.4 Å². The summed E-state index contributed by atoms with van der Waals surface area (Å²) in [7, 11) is 0. The third kappa shape index (κ3) is 6.13. The molecule has 0 saturated carbocycles. The molecule has 22 heavy (non-hydrogen) atoms. The van der Waals surface area contributed by atoms with E-state index < -0.39 is 0 Å². The van der Waals surface area contributed by atoms with Crippen LogP contribution >= 0.6 is 12.4 Å². The average Bonchev–Trinajstić information content (AvgIpc) is 2.54. The van der Waals surface area contributed by atoms with Crippen molar-refractivity contribution in [3.05, 3.63) is 0 Å². The van der Waals surface area contributed by atoms with E-state index in [9.17, 15) is 9.59 Å². The SMILES string of the molecule is CC(CC(=O)NCC(=O)N1CCCCC1)C1CCNCC1.Cl. The Morgan fingerprint density at radius 3 is 2.45 bits per heavy atom. The van der Waals surface area contributed by atoms with Crippen molar-refractivity contribution in [1.82, 2.24) is 15.5 Å². The molecule has 0 aromatic heterocycles. The number of hydrogen-bond acceptors (Lipinski definition) is 3. The number of nitrogens with one attached hydrogen (secondary N) is 2. The summed E-state index contributed by atoms with van der Waals surface area (Å²) in [4.78, 5) is 25.9. The Balaban J connectivity index is 0.00000242. The van der Waals surface area contributed by atoms with E-state index in [1.54, 1.807) is 0 Å². The molecule has 2 saturated heterocycles. The third-order valence-electron chi connectivity index (χ3n) is 4.84. The van der Waals surface area contributed by atoms with Gasteiger partial charge < -0.3 is 15.5 Å². The highest BCUT2D eigenvalue weighted by molar-refractivity contribution is 5.85. The lowest BCUT2D eigenvalue weighted by molar-refractivity contribution is -0.133. The van der Waals surface area contributed by atoms with Gasteiger partial charge in [-0.1, -0.05) is 6.92 Å². The van der Waals surface area contributed by atoms with Gasteiger partial charge in [0.25, 0.3) is 0 Å². The Kier molecular flexibility index (Phi) is 8.79. The fourth-order valence-electron chi connectivity index (χ4n) is 3.37. The molecule has 2 aliphatic rings. The fourth-order valence-corrected chi connectivity index (χ4v) is 3.37. The molecular weight excluding hydrogens is 302 g/mol. The van der Waals surface area contributed by atoms with Crippen molar-refractivity contribution in [3.63, 3.8) is 0 Å². The van der Waals surface area contributed by atoms with Crippen LogP contribution in [0.4, 0.5) is 0 Å². The smallest absolute Gasteiger partial charge is 0.241 e. The Hall–Kier alpha value is -0.810. The number of nitrogens with zero attached hydrogens (tertiary/aromatic N) is 1. The molecule has 6 heteroatoms. The normalized spacial score (nSPS) is 20.9. The van der Waals surface area contributed by atoms with Gasteiger partial charge in [-0.3, -0.25) is 9.59 Å². The molecule has 2 fully saturated rings. The number of carbonyl (C=O) groups excluding carboxylic acids is 2. The van der Waals surface area contributed by atoms with Gasteiger partial charge in [-0.05, 0) is 57.0 Å². The first kappa shape index (κ1) is 19.2. The molecule has 0 bridgehead atoms. The van der Waals surface area contributed by atoms with Gasteiger partial charge in [-0.2, -0.15) is 0 Å². The molecule has 0 radical (unpaired) electrons. The van der Waals surface area contributed by atoms with Gasteiger partial charge in [-0.15, -0.1) is 12.4 Å². The van der Waals surface area contributed by atoms with Gasteiger partial charge in [0, 0.05) is 19.5 Å². The number of carbonyl (C=O) groups is 2. The van der Waals surface area contributed by atoms with E-state index in [4.69, 9.17) is 0 Å². The molecule has 2 rings (SSSR count). The molecule has 0 aromatic carbocycles. The third-order valence-corrected chi connectivity index (χ3v) is 4.84. The van der Waals surface area contributed by atoms with Crippen LogP contribution in [0.15, 0.2) is 0 Å². The van der Waals surface area contributed by atoms with Crippen LogP contribution in [0.3, 0.4) is 0 Å². The molecule has 0 aliphatic carbocycles. The number of hydrogen-bond donors (Lipinski definition) is 2. The average molecular weight is 332 g/mol. The van der Waals surface area contributed by atoms with E-state index >= 15 is 0 Å². The molecule has 1 atom stereocenters. The summed E-state index contributed by atoms with van der Waals surface area (Å²) in [5, 5.41) is 6.15. The minimum atomic E-state index is 0. The zero-order chi connectivity index (χ0) is 15.1. The van der Waals surface area contributed by atoms with Crippen LogP contribution in [0.5, 0.6) is 0 Å². The molecule has 2 heterocycles. The molecule has 5 nitrogen and oxygen atoms in total. The van der Waals surface area contributed by atoms with Crippen molar-refractivity contribution in [1.29, 1.82) is 0 Å². The molecule has 128 valence electrons. The standard InChI is InChI=1S/C16H29N3O2.ClH/c1-13(14-5-7-17-8-6-14)11-15(20)18-12-16(21)19-9-3-2-4-10-19;/h13-14,17H,2-12H2,1H3,(H,18,20);1H. The summed E-state index contributed by atoms with van der Waals surface area (Å²) < 4.78 is 0. The topological polar surface area (TPSA) is 61.4 Å². The summed E-state index contributed by atoms with van der Waals surface area (Å²) in [6, 6.07) is 0. The van der Waals surface area contributed by atoms with Crippen molar-refractivity contribution < 1.29 is 9.59 Å². The quantitative estimate of drug-likeness (QED) is 0.803. The Morgan fingerprint density at radius 1 is 1.18 bits per heavy atom. The van der Waals surface area contributed by atoms with Crippen LogP contribution in [0.25, 0.3) is 0 Å². The van der Waals surface area contributed by atoms with Crippen molar-refractivity contribution in [2.75, 3.05) is 32.7 Å². The van der Waals surface area contributed by atoms with Crippen LogP contribution in [0, 0.1) is 11.8 Å². The van der Waals surface area contributed by atoms with Crippen molar-refractivity contribution in [2.24, 2.45) is 11.8 Å². The van der Waals surface area contributed by atoms with E-state index in [-0.39, 0.29) is 30.8 Å². The molecular formula is C16H30ClN3O2.